The van der Waals surface area contributed by atoms with E-state index in [-0.39, 0.29) is 17.0 Å². The summed E-state index contributed by atoms with van der Waals surface area (Å²) < 4.78 is 47.7. The highest BCUT2D eigenvalue weighted by Crippen LogP contribution is 2.43. The molecule has 2 aromatic carbocycles. The smallest absolute Gasteiger partial charge is 0.417 e. The highest BCUT2D eigenvalue weighted by atomic mass is 127. The molecule has 0 amide bonds. The molecule has 0 unspecified atom stereocenters. The fourth-order valence-electron chi connectivity index (χ4n) is 3.05. The lowest BCUT2D eigenvalue weighted by Gasteiger charge is -2.17. The van der Waals surface area contributed by atoms with Gasteiger partial charge in [-0.1, -0.05) is 24.3 Å². The lowest BCUT2D eigenvalue weighted by molar-refractivity contribution is -0.137. The maximum Gasteiger partial charge on any atom is 0.417 e. The number of aromatic nitrogens is 3. The van der Waals surface area contributed by atoms with Crippen molar-refractivity contribution in [2.75, 3.05) is 12.4 Å². The number of fused-ring (bicyclic) bond motifs is 1. The van der Waals surface area contributed by atoms with Gasteiger partial charge in [0.1, 0.15) is 17.3 Å². The molecule has 152 valence electrons. The monoisotopic (exact) mass is 522 g/mol. The van der Waals surface area contributed by atoms with Crippen LogP contribution in [0.15, 0.2) is 60.7 Å². The minimum absolute atomic E-state index is 0.0560. The Labute approximate surface area is 183 Å². The summed E-state index contributed by atoms with van der Waals surface area (Å²) in [5, 5.41) is 3.56. The minimum atomic E-state index is -4.59. The summed E-state index contributed by atoms with van der Waals surface area (Å²) in [4.78, 5) is 13.0. The van der Waals surface area contributed by atoms with Crippen molar-refractivity contribution < 1.29 is 17.9 Å². The van der Waals surface area contributed by atoms with E-state index < -0.39 is 11.7 Å². The minimum Gasteiger partial charge on any atom is -0.457 e. The first kappa shape index (κ1) is 20.3. The highest BCUT2D eigenvalue weighted by molar-refractivity contribution is 14.1. The van der Waals surface area contributed by atoms with E-state index in [1.807, 2.05) is 22.6 Å². The average Bonchev–Trinajstić information content (AvgIpc) is 2.72. The number of nitrogens with zero attached hydrogens (tertiary/aromatic N) is 3. The van der Waals surface area contributed by atoms with Crippen molar-refractivity contribution >= 4 is 39.4 Å². The summed E-state index contributed by atoms with van der Waals surface area (Å²) in [6.07, 6.45) is -4.59. The largest absolute Gasteiger partial charge is 0.457 e. The van der Waals surface area contributed by atoms with E-state index in [0.717, 1.165) is 6.07 Å². The molecule has 0 radical (unpaired) electrons. The molecule has 4 rings (SSSR count). The third kappa shape index (κ3) is 4.02. The van der Waals surface area contributed by atoms with Crippen LogP contribution >= 0.6 is 22.6 Å². The molecule has 0 saturated carbocycles. The van der Waals surface area contributed by atoms with Crippen molar-refractivity contribution in [3.8, 4) is 22.8 Å². The van der Waals surface area contributed by atoms with E-state index in [4.69, 9.17) is 4.74 Å². The first-order chi connectivity index (χ1) is 14.4. The van der Waals surface area contributed by atoms with Crippen LogP contribution in [0, 0.1) is 3.83 Å². The van der Waals surface area contributed by atoms with E-state index in [0.29, 0.717) is 26.4 Å². The van der Waals surface area contributed by atoms with E-state index in [9.17, 15) is 13.2 Å². The van der Waals surface area contributed by atoms with Gasteiger partial charge in [0.05, 0.1) is 22.2 Å². The molecular formula is C21H14F3IN4O. The van der Waals surface area contributed by atoms with E-state index in [1.54, 1.807) is 43.4 Å². The highest BCUT2D eigenvalue weighted by Gasteiger charge is 2.35. The molecule has 2 aromatic heterocycles. The summed E-state index contributed by atoms with van der Waals surface area (Å²) >= 11 is 1.94. The molecule has 0 aliphatic rings. The van der Waals surface area contributed by atoms with Crippen LogP contribution in [0.3, 0.4) is 0 Å². The van der Waals surface area contributed by atoms with Crippen molar-refractivity contribution in [2.24, 2.45) is 0 Å². The second-order valence-electron chi connectivity index (χ2n) is 6.25. The molecule has 0 spiro atoms. The van der Waals surface area contributed by atoms with Crippen LogP contribution in [-0.4, -0.2) is 22.0 Å². The molecule has 9 heteroatoms. The molecule has 30 heavy (non-hydrogen) atoms. The fraction of sp³-hybridized carbons (Fsp3) is 0.0952. The van der Waals surface area contributed by atoms with Gasteiger partial charge in [-0.25, -0.2) is 15.0 Å². The fourth-order valence-corrected chi connectivity index (χ4v) is 3.51. The Morgan fingerprint density at radius 2 is 1.67 bits per heavy atom. The van der Waals surface area contributed by atoms with Gasteiger partial charge < -0.3 is 10.1 Å². The Morgan fingerprint density at radius 1 is 0.900 bits per heavy atom. The first-order valence-electron chi connectivity index (χ1n) is 8.82. The number of nitrogens with one attached hydrogen (secondary N) is 1. The lowest BCUT2D eigenvalue weighted by Crippen LogP contribution is -2.09. The van der Waals surface area contributed by atoms with Gasteiger partial charge in [0, 0.05) is 29.6 Å². The number of ether oxygens (including phenoxy) is 1. The molecule has 4 aromatic rings. The zero-order valence-electron chi connectivity index (χ0n) is 15.5. The van der Waals surface area contributed by atoms with Gasteiger partial charge >= 0.3 is 6.18 Å². The summed E-state index contributed by atoms with van der Waals surface area (Å²) in [5.41, 5.74) is -0.576. The van der Waals surface area contributed by atoms with Crippen LogP contribution in [-0.2, 0) is 6.18 Å². The van der Waals surface area contributed by atoms with Gasteiger partial charge in [-0.15, -0.1) is 0 Å². The Balaban J connectivity index is 1.94. The molecule has 0 fully saturated rings. The molecule has 0 atom stereocenters. The van der Waals surface area contributed by atoms with Gasteiger partial charge in [0.15, 0.2) is 9.48 Å². The predicted octanol–water partition coefficient (Wildman–Crippen LogP) is 6.15. The second kappa shape index (κ2) is 8.05. The van der Waals surface area contributed by atoms with Crippen LogP contribution in [0.4, 0.5) is 19.0 Å². The number of anilines is 1. The Hall–Kier alpha value is -2.95. The molecule has 0 aliphatic heterocycles. The number of para-hydroxylation sites is 1. The number of halogens is 4. The van der Waals surface area contributed by atoms with Gasteiger partial charge in [-0.05, 0) is 36.4 Å². The summed E-state index contributed by atoms with van der Waals surface area (Å²) in [7, 11) is 1.70. The predicted molar refractivity (Wildman–Crippen MR) is 117 cm³/mol. The third-order valence-electron chi connectivity index (χ3n) is 4.33. The van der Waals surface area contributed by atoms with Gasteiger partial charge in [0.2, 0.25) is 0 Å². The third-order valence-corrected chi connectivity index (χ3v) is 4.81. The van der Waals surface area contributed by atoms with E-state index in [1.165, 1.54) is 18.2 Å². The lowest BCUT2D eigenvalue weighted by atomic mass is 10.0. The molecular weight excluding hydrogens is 508 g/mol. The van der Waals surface area contributed by atoms with Crippen molar-refractivity contribution in [3.63, 3.8) is 0 Å². The van der Waals surface area contributed by atoms with E-state index in [2.05, 4.69) is 20.3 Å². The number of rotatable bonds is 4. The Bertz CT molecular complexity index is 1220. The molecule has 1 N–H and O–H groups in total. The zero-order valence-corrected chi connectivity index (χ0v) is 17.7. The normalized spacial score (nSPS) is 11.5. The number of hydrogen-bond acceptors (Lipinski definition) is 5. The van der Waals surface area contributed by atoms with Gasteiger partial charge in [-0.2, -0.15) is 13.2 Å². The summed E-state index contributed by atoms with van der Waals surface area (Å²) in [6.45, 7) is 0. The standard InChI is InChI=1S/C21H14F3IN4O/c1-26-18-13-10-11-15(27-19(13)29-20(25)28-18)17-14(21(22,23)24)8-5-9-16(17)30-12-6-3-2-4-7-12/h2-11H,1H3,(H,26,27,28,29). The molecule has 0 saturated heterocycles. The summed E-state index contributed by atoms with van der Waals surface area (Å²) in [5.74, 6) is 1.03. The van der Waals surface area contributed by atoms with Gasteiger partial charge in [0.25, 0.3) is 0 Å². The number of hydrogen-bond donors (Lipinski definition) is 1. The first-order valence-corrected chi connectivity index (χ1v) is 9.90. The molecule has 0 bridgehead atoms. The van der Waals surface area contributed by atoms with Crippen LogP contribution in [0.25, 0.3) is 22.3 Å². The SMILES string of the molecule is CNc1nc(I)nc2nc(-c3c(Oc4ccccc4)cccc3C(F)(F)F)ccc12. The average molecular weight is 522 g/mol. The molecule has 0 aliphatic carbocycles. The number of pyridine rings is 1. The van der Waals surface area contributed by atoms with Crippen LogP contribution in [0.2, 0.25) is 0 Å². The van der Waals surface area contributed by atoms with Crippen LogP contribution in [0.5, 0.6) is 11.5 Å². The van der Waals surface area contributed by atoms with Crippen molar-refractivity contribution in [1.82, 2.24) is 15.0 Å². The zero-order chi connectivity index (χ0) is 21.3. The van der Waals surface area contributed by atoms with Crippen molar-refractivity contribution in [3.05, 3.63) is 70.1 Å². The second-order valence-corrected chi connectivity index (χ2v) is 7.22. The maximum absolute atomic E-state index is 13.8. The van der Waals surface area contributed by atoms with E-state index >= 15 is 0 Å². The number of alkyl halides is 3. The maximum atomic E-state index is 13.8. The molecule has 5 nitrogen and oxygen atoms in total. The Kier molecular flexibility index (Phi) is 5.46. The van der Waals surface area contributed by atoms with Crippen LogP contribution < -0.4 is 10.1 Å². The van der Waals surface area contributed by atoms with Crippen molar-refractivity contribution in [2.45, 2.75) is 6.18 Å². The summed E-state index contributed by atoms with van der Waals surface area (Å²) in [6, 6.07) is 15.6. The van der Waals surface area contributed by atoms with Crippen LogP contribution in [0.1, 0.15) is 5.56 Å². The van der Waals surface area contributed by atoms with Crippen molar-refractivity contribution in [1.29, 1.82) is 0 Å². The topological polar surface area (TPSA) is 59.9 Å². The number of benzene rings is 2. The quantitative estimate of drug-likeness (QED) is 0.258. The molecule has 2 heterocycles. The van der Waals surface area contributed by atoms with Gasteiger partial charge in [-0.3, -0.25) is 0 Å². The Morgan fingerprint density at radius 3 is 2.37 bits per heavy atom.